The molecule has 0 amide bonds. The van der Waals surface area contributed by atoms with Gasteiger partial charge in [0, 0.05) is 18.1 Å². The lowest BCUT2D eigenvalue weighted by molar-refractivity contribution is -0.00291. The molecule has 0 aromatic carbocycles. The molecule has 0 aromatic heterocycles. The van der Waals surface area contributed by atoms with Gasteiger partial charge in [-0.2, -0.15) is 0 Å². The second-order valence-electron chi connectivity index (χ2n) is 6.11. The predicted molar refractivity (Wildman–Crippen MR) is 69.4 cm³/mol. The molecule has 2 aliphatic rings. The number of likely N-dealkylation sites (N-methyl/N-ethyl adjacent to an activating group) is 1. The molecule has 3 unspecified atom stereocenters. The molecule has 2 heteroatoms. The first-order valence-electron chi connectivity index (χ1n) is 7.11. The highest BCUT2D eigenvalue weighted by molar-refractivity contribution is 5.03. The zero-order chi connectivity index (χ0) is 11.8. The van der Waals surface area contributed by atoms with Crippen LogP contribution in [0.15, 0.2) is 0 Å². The summed E-state index contributed by atoms with van der Waals surface area (Å²) in [5, 5.41) is 0. The van der Waals surface area contributed by atoms with E-state index >= 15 is 0 Å². The van der Waals surface area contributed by atoms with Gasteiger partial charge < -0.3 is 5.73 Å². The average molecular weight is 224 g/mol. The van der Waals surface area contributed by atoms with Gasteiger partial charge in [0.05, 0.1) is 0 Å². The molecule has 94 valence electrons. The number of hydrogen-bond donors (Lipinski definition) is 1. The van der Waals surface area contributed by atoms with Crippen LogP contribution in [0.4, 0.5) is 0 Å². The van der Waals surface area contributed by atoms with Gasteiger partial charge >= 0.3 is 0 Å². The molecule has 0 spiro atoms. The van der Waals surface area contributed by atoms with Crippen LogP contribution in [-0.4, -0.2) is 29.6 Å². The minimum atomic E-state index is 0.322. The molecule has 16 heavy (non-hydrogen) atoms. The lowest BCUT2D eigenvalue weighted by atomic mass is 9.69. The first-order valence-corrected chi connectivity index (χ1v) is 7.11. The van der Waals surface area contributed by atoms with Crippen molar-refractivity contribution in [3.8, 4) is 0 Å². The Morgan fingerprint density at radius 3 is 2.38 bits per heavy atom. The number of nitrogens with zero attached hydrogens (tertiary/aromatic N) is 1. The molecular formula is C14H28N2. The molecule has 2 aliphatic carbocycles. The van der Waals surface area contributed by atoms with Crippen molar-refractivity contribution in [3.05, 3.63) is 0 Å². The van der Waals surface area contributed by atoms with Crippen molar-refractivity contribution in [3.63, 3.8) is 0 Å². The van der Waals surface area contributed by atoms with E-state index < -0.39 is 0 Å². The second kappa shape index (κ2) is 4.66. The van der Waals surface area contributed by atoms with Crippen molar-refractivity contribution >= 4 is 0 Å². The third-order valence-corrected chi connectivity index (χ3v) is 5.00. The Balaban J connectivity index is 2.15. The first-order chi connectivity index (χ1) is 7.64. The van der Waals surface area contributed by atoms with E-state index in [0.717, 1.165) is 24.4 Å². The van der Waals surface area contributed by atoms with E-state index in [9.17, 15) is 0 Å². The average Bonchev–Trinajstić information content (AvgIpc) is 3.07. The lowest BCUT2D eigenvalue weighted by Crippen LogP contribution is -2.60. The van der Waals surface area contributed by atoms with Crippen LogP contribution >= 0.6 is 0 Å². The molecule has 2 nitrogen and oxygen atoms in total. The molecule has 0 radical (unpaired) electrons. The van der Waals surface area contributed by atoms with Gasteiger partial charge in [0.1, 0.15) is 0 Å². The van der Waals surface area contributed by atoms with E-state index in [4.69, 9.17) is 5.73 Å². The van der Waals surface area contributed by atoms with E-state index in [1.807, 2.05) is 0 Å². The molecule has 0 aliphatic heterocycles. The monoisotopic (exact) mass is 224 g/mol. The van der Waals surface area contributed by atoms with Crippen molar-refractivity contribution in [2.45, 2.75) is 64.5 Å². The normalized spacial score (nSPS) is 40.3. The van der Waals surface area contributed by atoms with Crippen LogP contribution in [0.1, 0.15) is 52.9 Å². The fourth-order valence-corrected chi connectivity index (χ4v) is 3.85. The summed E-state index contributed by atoms with van der Waals surface area (Å²) < 4.78 is 0. The van der Waals surface area contributed by atoms with Gasteiger partial charge in [0.15, 0.2) is 0 Å². The highest BCUT2D eigenvalue weighted by Gasteiger charge is 2.47. The van der Waals surface area contributed by atoms with E-state index in [0.29, 0.717) is 5.54 Å². The molecule has 0 saturated heterocycles. The Morgan fingerprint density at radius 1 is 1.25 bits per heavy atom. The maximum atomic E-state index is 6.17. The zero-order valence-electron chi connectivity index (χ0n) is 11.2. The van der Waals surface area contributed by atoms with Gasteiger partial charge in [-0.25, -0.2) is 0 Å². The highest BCUT2D eigenvalue weighted by Crippen LogP contribution is 2.44. The van der Waals surface area contributed by atoms with E-state index in [2.05, 4.69) is 25.7 Å². The molecule has 3 atom stereocenters. The van der Waals surface area contributed by atoms with Gasteiger partial charge in [-0.05, 0) is 50.5 Å². The standard InChI is InChI=1S/C14H28N2/c1-4-16(13-5-6-13)14(10-15)8-7-11(2)9-12(14)3/h11-13H,4-10,15H2,1-3H3. The van der Waals surface area contributed by atoms with Crippen LogP contribution in [0.5, 0.6) is 0 Å². The molecule has 0 heterocycles. The van der Waals surface area contributed by atoms with Gasteiger partial charge in [0.2, 0.25) is 0 Å². The number of hydrogen-bond acceptors (Lipinski definition) is 2. The molecule has 2 rings (SSSR count). The minimum Gasteiger partial charge on any atom is -0.329 e. The Bertz CT molecular complexity index is 237. The summed E-state index contributed by atoms with van der Waals surface area (Å²) in [6.07, 6.45) is 6.84. The Kier molecular flexibility index (Phi) is 3.60. The fraction of sp³-hybridized carbons (Fsp3) is 1.00. The molecule has 0 bridgehead atoms. The number of nitrogens with two attached hydrogens (primary N) is 1. The smallest absolute Gasteiger partial charge is 0.0360 e. The first kappa shape index (κ1) is 12.4. The zero-order valence-corrected chi connectivity index (χ0v) is 11.2. The van der Waals surface area contributed by atoms with Crippen molar-refractivity contribution in [1.29, 1.82) is 0 Å². The fourth-order valence-electron chi connectivity index (χ4n) is 3.85. The lowest BCUT2D eigenvalue weighted by Gasteiger charge is -2.51. The Hall–Kier alpha value is -0.0800. The summed E-state index contributed by atoms with van der Waals surface area (Å²) in [6.45, 7) is 9.16. The summed E-state index contributed by atoms with van der Waals surface area (Å²) in [5.74, 6) is 1.66. The summed E-state index contributed by atoms with van der Waals surface area (Å²) in [7, 11) is 0. The van der Waals surface area contributed by atoms with Gasteiger partial charge in [0.25, 0.3) is 0 Å². The molecule has 2 fully saturated rings. The minimum absolute atomic E-state index is 0.322. The van der Waals surface area contributed by atoms with Gasteiger partial charge in [-0.1, -0.05) is 20.8 Å². The van der Waals surface area contributed by atoms with Crippen molar-refractivity contribution in [1.82, 2.24) is 4.90 Å². The Morgan fingerprint density at radius 2 is 1.94 bits per heavy atom. The molecule has 2 N–H and O–H groups in total. The van der Waals surface area contributed by atoms with Gasteiger partial charge in [-0.3, -0.25) is 4.90 Å². The van der Waals surface area contributed by atoms with E-state index in [-0.39, 0.29) is 0 Å². The topological polar surface area (TPSA) is 29.3 Å². The second-order valence-corrected chi connectivity index (χ2v) is 6.11. The summed E-state index contributed by atoms with van der Waals surface area (Å²) in [6, 6.07) is 0.851. The van der Waals surface area contributed by atoms with Crippen molar-refractivity contribution in [2.75, 3.05) is 13.1 Å². The molecular weight excluding hydrogens is 196 g/mol. The number of rotatable bonds is 4. The quantitative estimate of drug-likeness (QED) is 0.795. The maximum Gasteiger partial charge on any atom is 0.0360 e. The van der Waals surface area contributed by atoms with Crippen LogP contribution in [0.25, 0.3) is 0 Å². The summed E-state index contributed by atoms with van der Waals surface area (Å²) in [4.78, 5) is 2.74. The maximum absolute atomic E-state index is 6.17. The molecule has 0 aromatic rings. The van der Waals surface area contributed by atoms with Crippen molar-refractivity contribution < 1.29 is 0 Å². The third kappa shape index (κ3) is 2.02. The largest absolute Gasteiger partial charge is 0.329 e. The van der Waals surface area contributed by atoms with Crippen LogP contribution in [0, 0.1) is 11.8 Å². The predicted octanol–water partition coefficient (Wildman–Crippen LogP) is 2.62. The summed E-state index contributed by atoms with van der Waals surface area (Å²) >= 11 is 0. The third-order valence-electron chi connectivity index (χ3n) is 5.00. The van der Waals surface area contributed by atoms with Crippen LogP contribution in [0.2, 0.25) is 0 Å². The van der Waals surface area contributed by atoms with E-state index in [1.165, 1.54) is 38.6 Å². The van der Waals surface area contributed by atoms with Gasteiger partial charge in [-0.15, -0.1) is 0 Å². The van der Waals surface area contributed by atoms with Crippen LogP contribution in [-0.2, 0) is 0 Å². The Labute approximate surface area is 101 Å². The van der Waals surface area contributed by atoms with E-state index in [1.54, 1.807) is 0 Å². The van der Waals surface area contributed by atoms with Crippen molar-refractivity contribution in [2.24, 2.45) is 17.6 Å². The highest BCUT2D eigenvalue weighted by atomic mass is 15.3. The van der Waals surface area contributed by atoms with Crippen LogP contribution in [0.3, 0.4) is 0 Å². The van der Waals surface area contributed by atoms with Crippen LogP contribution < -0.4 is 5.73 Å². The summed E-state index contributed by atoms with van der Waals surface area (Å²) in [5.41, 5.74) is 6.50. The molecule has 2 saturated carbocycles. The SMILES string of the molecule is CCN(C1CC1)C1(CN)CCC(C)CC1C.